The highest BCUT2D eigenvalue weighted by molar-refractivity contribution is 5.70. The third-order valence-corrected chi connectivity index (χ3v) is 2.39. The maximum atomic E-state index is 10.6. The Hall–Kier alpha value is -1.58. The molecule has 0 aromatic heterocycles. The summed E-state index contributed by atoms with van der Waals surface area (Å²) in [6.45, 7) is 2.85. The van der Waals surface area contributed by atoms with Crippen LogP contribution >= 0.6 is 0 Å². The monoisotopic (exact) mass is 178 g/mol. The van der Waals surface area contributed by atoms with E-state index in [1.54, 1.807) is 6.07 Å². The number of para-hydroxylation sites is 1. The molecule has 1 aromatic carbocycles. The van der Waals surface area contributed by atoms with Gasteiger partial charge in [0, 0.05) is 18.5 Å². The molecular weight excluding hydrogens is 168 g/mol. The molecule has 2 rings (SSSR count). The van der Waals surface area contributed by atoms with Crippen LogP contribution in [-0.2, 0) is 0 Å². The second kappa shape index (κ2) is 2.73. The predicted molar refractivity (Wildman–Crippen MR) is 50.0 cm³/mol. The van der Waals surface area contributed by atoms with Crippen LogP contribution in [0, 0.1) is 10.1 Å². The quantitative estimate of drug-likeness (QED) is 0.529. The zero-order valence-electron chi connectivity index (χ0n) is 7.28. The second-order valence-corrected chi connectivity index (χ2v) is 3.28. The Morgan fingerprint density at radius 3 is 3.08 bits per heavy atom. The van der Waals surface area contributed by atoms with Crippen molar-refractivity contribution in [3.63, 3.8) is 0 Å². The summed E-state index contributed by atoms with van der Waals surface area (Å²) in [5.74, 6) is 0.370. The summed E-state index contributed by atoms with van der Waals surface area (Å²) in [4.78, 5) is 10.3. The van der Waals surface area contributed by atoms with Gasteiger partial charge in [-0.05, 0) is 5.56 Å². The fraction of sp³-hybridized carbons (Fsp3) is 0.333. The van der Waals surface area contributed by atoms with E-state index in [9.17, 15) is 10.1 Å². The molecule has 4 heteroatoms. The Balaban J connectivity index is 2.57. The Morgan fingerprint density at radius 2 is 2.38 bits per heavy atom. The van der Waals surface area contributed by atoms with Crippen molar-refractivity contribution in [2.75, 3.05) is 11.9 Å². The second-order valence-electron chi connectivity index (χ2n) is 3.28. The van der Waals surface area contributed by atoms with Crippen molar-refractivity contribution in [1.29, 1.82) is 0 Å². The summed E-state index contributed by atoms with van der Waals surface area (Å²) in [5, 5.41) is 13.7. The summed E-state index contributed by atoms with van der Waals surface area (Å²) in [5.41, 5.74) is 1.93. The van der Waals surface area contributed by atoms with Gasteiger partial charge in [0.2, 0.25) is 0 Å². The van der Waals surface area contributed by atoms with Crippen LogP contribution in [0.5, 0.6) is 0 Å². The molecule has 1 aromatic rings. The van der Waals surface area contributed by atoms with Gasteiger partial charge in [0.15, 0.2) is 0 Å². The highest BCUT2D eigenvalue weighted by Gasteiger charge is 2.25. The van der Waals surface area contributed by atoms with E-state index >= 15 is 0 Å². The summed E-state index contributed by atoms with van der Waals surface area (Å²) in [6, 6.07) is 5.21. The minimum absolute atomic E-state index is 0.182. The van der Waals surface area contributed by atoms with Gasteiger partial charge >= 0.3 is 0 Å². The molecule has 0 fully saturated rings. The van der Waals surface area contributed by atoms with E-state index in [4.69, 9.17) is 0 Å². The third kappa shape index (κ3) is 1.14. The molecule has 1 N–H and O–H groups in total. The summed E-state index contributed by atoms with van der Waals surface area (Å²) < 4.78 is 0. The normalized spacial score (nSPS) is 19.3. The summed E-state index contributed by atoms with van der Waals surface area (Å²) in [6.07, 6.45) is 0. The Morgan fingerprint density at radius 1 is 1.62 bits per heavy atom. The van der Waals surface area contributed by atoms with Crippen LogP contribution in [0.2, 0.25) is 0 Å². The lowest BCUT2D eigenvalue weighted by atomic mass is 10.0. The molecule has 68 valence electrons. The van der Waals surface area contributed by atoms with Gasteiger partial charge < -0.3 is 5.32 Å². The van der Waals surface area contributed by atoms with Crippen LogP contribution in [-0.4, -0.2) is 11.5 Å². The molecular formula is C9H10N2O2. The SMILES string of the molecule is C[C@H]1CNc2c1cccc2[N+](=O)[O-]. The van der Waals surface area contributed by atoms with Gasteiger partial charge in [0.1, 0.15) is 5.69 Å². The molecule has 1 aliphatic rings. The topological polar surface area (TPSA) is 55.2 Å². The highest BCUT2D eigenvalue weighted by Crippen LogP contribution is 2.37. The number of fused-ring (bicyclic) bond motifs is 1. The van der Waals surface area contributed by atoms with E-state index in [1.807, 2.05) is 6.07 Å². The first-order chi connectivity index (χ1) is 6.20. The van der Waals surface area contributed by atoms with Crippen molar-refractivity contribution in [2.45, 2.75) is 12.8 Å². The molecule has 13 heavy (non-hydrogen) atoms. The lowest BCUT2D eigenvalue weighted by Crippen LogP contribution is -1.97. The van der Waals surface area contributed by atoms with Crippen molar-refractivity contribution in [3.05, 3.63) is 33.9 Å². The van der Waals surface area contributed by atoms with Crippen LogP contribution in [0.15, 0.2) is 18.2 Å². The summed E-state index contributed by atoms with van der Waals surface area (Å²) in [7, 11) is 0. The number of hydrogen-bond donors (Lipinski definition) is 1. The molecule has 0 bridgehead atoms. The molecule has 0 saturated carbocycles. The largest absolute Gasteiger partial charge is 0.379 e. The maximum absolute atomic E-state index is 10.6. The van der Waals surface area contributed by atoms with Crippen LogP contribution < -0.4 is 5.32 Å². The standard InChI is InChI=1S/C9H10N2O2/c1-6-5-10-9-7(6)3-2-4-8(9)11(12)13/h2-4,6,10H,5H2,1H3/t6-/m0/s1. The number of anilines is 1. The predicted octanol–water partition coefficient (Wildman–Crippen LogP) is 2.12. The molecule has 1 atom stereocenters. The Kier molecular flexibility index (Phi) is 1.69. The minimum Gasteiger partial charge on any atom is -0.379 e. The molecule has 0 saturated heterocycles. The van der Waals surface area contributed by atoms with E-state index in [1.165, 1.54) is 6.07 Å². The van der Waals surface area contributed by atoms with Crippen molar-refractivity contribution in [1.82, 2.24) is 0 Å². The Labute approximate surface area is 75.7 Å². The van der Waals surface area contributed by atoms with Gasteiger partial charge in [-0.2, -0.15) is 0 Å². The number of nitrogens with one attached hydrogen (secondary N) is 1. The van der Waals surface area contributed by atoms with E-state index in [0.717, 1.165) is 12.1 Å². The molecule has 1 aliphatic heterocycles. The van der Waals surface area contributed by atoms with E-state index in [2.05, 4.69) is 12.2 Å². The van der Waals surface area contributed by atoms with E-state index in [-0.39, 0.29) is 10.6 Å². The van der Waals surface area contributed by atoms with E-state index in [0.29, 0.717) is 11.6 Å². The zero-order valence-corrected chi connectivity index (χ0v) is 7.28. The van der Waals surface area contributed by atoms with Gasteiger partial charge in [0.25, 0.3) is 5.69 Å². The zero-order chi connectivity index (χ0) is 9.42. The van der Waals surface area contributed by atoms with Crippen LogP contribution in [0.25, 0.3) is 0 Å². The average Bonchev–Trinajstić information content (AvgIpc) is 2.48. The van der Waals surface area contributed by atoms with Crippen LogP contribution in [0.1, 0.15) is 18.4 Å². The molecule has 4 nitrogen and oxygen atoms in total. The van der Waals surface area contributed by atoms with Gasteiger partial charge in [-0.1, -0.05) is 19.1 Å². The Bertz CT molecular complexity index is 363. The molecule has 0 spiro atoms. The minimum atomic E-state index is -0.343. The van der Waals surface area contributed by atoms with Gasteiger partial charge in [0.05, 0.1) is 4.92 Å². The number of nitro benzene ring substituents is 1. The van der Waals surface area contributed by atoms with E-state index < -0.39 is 0 Å². The number of rotatable bonds is 1. The van der Waals surface area contributed by atoms with Gasteiger partial charge in [-0.15, -0.1) is 0 Å². The first-order valence-corrected chi connectivity index (χ1v) is 4.21. The van der Waals surface area contributed by atoms with Crippen molar-refractivity contribution < 1.29 is 4.92 Å². The van der Waals surface area contributed by atoms with Crippen molar-refractivity contribution in [3.8, 4) is 0 Å². The van der Waals surface area contributed by atoms with Gasteiger partial charge in [-0.3, -0.25) is 10.1 Å². The lowest BCUT2D eigenvalue weighted by molar-refractivity contribution is -0.383. The average molecular weight is 178 g/mol. The first-order valence-electron chi connectivity index (χ1n) is 4.21. The van der Waals surface area contributed by atoms with Crippen molar-refractivity contribution >= 4 is 11.4 Å². The molecule has 0 unspecified atom stereocenters. The molecule has 1 heterocycles. The number of benzene rings is 1. The first kappa shape index (κ1) is 8.04. The smallest absolute Gasteiger partial charge is 0.292 e. The third-order valence-electron chi connectivity index (χ3n) is 2.39. The molecule has 0 amide bonds. The van der Waals surface area contributed by atoms with Crippen molar-refractivity contribution in [2.24, 2.45) is 0 Å². The fourth-order valence-corrected chi connectivity index (χ4v) is 1.68. The number of nitro groups is 1. The fourth-order valence-electron chi connectivity index (χ4n) is 1.68. The number of nitrogens with zero attached hydrogens (tertiary/aromatic N) is 1. The maximum Gasteiger partial charge on any atom is 0.292 e. The summed E-state index contributed by atoms with van der Waals surface area (Å²) >= 11 is 0. The molecule has 0 radical (unpaired) electrons. The van der Waals surface area contributed by atoms with Gasteiger partial charge in [-0.25, -0.2) is 0 Å². The molecule has 0 aliphatic carbocycles. The lowest BCUT2D eigenvalue weighted by Gasteiger charge is -2.01. The highest BCUT2D eigenvalue weighted by atomic mass is 16.6. The van der Waals surface area contributed by atoms with Crippen LogP contribution in [0.4, 0.5) is 11.4 Å². The number of hydrogen-bond acceptors (Lipinski definition) is 3. The van der Waals surface area contributed by atoms with Crippen LogP contribution in [0.3, 0.4) is 0 Å².